The third-order valence-corrected chi connectivity index (χ3v) is 4.17. The fraction of sp³-hybridized carbons (Fsp3) is 0.462. The lowest BCUT2D eigenvalue weighted by molar-refractivity contribution is 0.0671. The molecule has 1 aromatic carbocycles. The molecule has 1 heterocycles. The first-order valence-corrected chi connectivity index (χ1v) is 8.09. The number of amides is 2. The van der Waals surface area contributed by atoms with Gasteiger partial charge >= 0.3 is 6.03 Å². The topological polar surface area (TPSA) is 105 Å². The zero-order valence-corrected chi connectivity index (χ0v) is 12.2. The maximum Gasteiger partial charge on any atom is 0.319 e. The quantitative estimate of drug-likeness (QED) is 0.730. The summed E-state index contributed by atoms with van der Waals surface area (Å²) in [6.07, 6.45) is 1.87. The molecule has 1 saturated heterocycles. The third-order valence-electron chi connectivity index (χ3n) is 3.30. The van der Waals surface area contributed by atoms with Crippen LogP contribution in [0.1, 0.15) is 12.8 Å². The van der Waals surface area contributed by atoms with Gasteiger partial charge in [-0.05, 0) is 43.0 Å². The maximum absolute atomic E-state index is 11.7. The lowest BCUT2D eigenvalue weighted by Crippen LogP contribution is -2.35. The lowest BCUT2D eigenvalue weighted by atomic mass is 10.0. The molecule has 1 fully saturated rings. The van der Waals surface area contributed by atoms with Gasteiger partial charge in [0.25, 0.3) is 10.1 Å². The molecule has 8 heteroatoms. The van der Waals surface area contributed by atoms with Gasteiger partial charge in [-0.1, -0.05) is 0 Å². The van der Waals surface area contributed by atoms with Crippen molar-refractivity contribution in [1.29, 1.82) is 0 Å². The van der Waals surface area contributed by atoms with Crippen LogP contribution in [0, 0.1) is 5.92 Å². The third kappa shape index (κ3) is 5.00. The molecule has 0 spiro atoms. The van der Waals surface area contributed by atoms with Gasteiger partial charge in [0.1, 0.15) is 0 Å². The van der Waals surface area contributed by atoms with Crippen LogP contribution < -0.4 is 10.6 Å². The normalized spacial score (nSPS) is 16.4. The summed E-state index contributed by atoms with van der Waals surface area (Å²) in [4.78, 5) is 11.5. The van der Waals surface area contributed by atoms with E-state index >= 15 is 0 Å². The van der Waals surface area contributed by atoms with Crippen LogP contribution in [0.15, 0.2) is 29.2 Å². The van der Waals surface area contributed by atoms with Crippen molar-refractivity contribution in [2.75, 3.05) is 25.1 Å². The molecule has 1 aliphatic rings. The Morgan fingerprint density at radius 1 is 1.24 bits per heavy atom. The molecule has 0 aromatic heterocycles. The van der Waals surface area contributed by atoms with E-state index in [0.29, 0.717) is 18.2 Å². The molecule has 7 nitrogen and oxygen atoms in total. The van der Waals surface area contributed by atoms with Crippen LogP contribution in [0.3, 0.4) is 0 Å². The molecule has 1 aromatic rings. The highest BCUT2D eigenvalue weighted by Gasteiger charge is 2.14. The molecule has 1 aliphatic heterocycles. The van der Waals surface area contributed by atoms with Crippen LogP contribution in [0.2, 0.25) is 0 Å². The van der Waals surface area contributed by atoms with Crippen LogP contribution in [0.25, 0.3) is 0 Å². The highest BCUT2D eigenvalue weighted by molar-refractivity contribution is 7.85. The summed E-state index contributed by atoms with van der Waals surface area (Å²) in [6, 6.07) is 4.93. The molecule has 0 bridgehead atoms. The Balaban J connectivity index is 1.82. The first-order chi connectivity index (χ1) is 9.95. The van der Waals surface area contributed by atoms with E-state index in [4.69, 9.17) is 9.29 Å². The van der Waals surface area contributed by atoms with E-state index in [9.17, 15) is 13.2 Å². The number of rotatable bonds is 4. The van der Waals surface area contributed by atoms with Crippen molar-refractivity contribution >= 4 is 21.8 Å². The molecule has 3 N–H and O–H groups in total. The first-order valence-electron chi connectivity index (χ1n) is 6.65. The van der Waals surface area contributed by atoms with Gasteiger partial charge < -0.3 is 15.4 Å². The second-order valence-electron chi connectivity index (χ2n) is 4.89. The average Bonchev–Trinajstić information content (AvgIpc) is 2.46. The van der Waals surface area contributed by atoms with Crippen molar-refractivity contribution in [2.24, 2.45) is 5.92 Å². The molecule has 0 unspecified atom stereocenters. The molecular weight excluding hydrogens is 296 g/mol. The Kier molecular flexibility index (Phi) is 5.16. The Hall–Kier alpha value is -1.64. The van der Waals surface area contributed by atoms with Gasteiger partial charge in [-0.3, -0.25) is 4.55 Å². The number of carbonyl (C=O) groups is 1. The summed E-state index contributed by atoms with van der Waals surface area (Å²) in [6.45, 7) is 2.04. The largest absolute Gasteiger partial charge is 0.381 e. The fourth-order valence-electron chi connectivity index (χ4n) is 2.07. The van der Waals surface area contributed by atoms with E-state index in [0.717, 1.165) is 26.1 Å². The van der Waals surface area contributed by atoms with Crippen molar-refractivity contribution in [3.8, 4) is 0 Å². The van der Waals surface area contributed by atoms with E-state index in [-0.39, 0.29) is 10.9 Å². The summed E-state index contributed by atoms with van der Waals surface area (Å²) >= 11 is 0. The highest BCUT2D eigenvalue weighted by Crippen LogP contribution is 2.15. The van der Waals surface area contributed by atoms with Crippen LogP contribution in [-0.4, -0.2) is 38.8 Å². The smallest absolute Gasteiger partial charge is 0.319 e. The summed E-state index contributed by atoms with van der Waals surface area (Å²) in [5.74, 6) is 0.423. The number of ether oxygens (including phenoxy) is 1. The molecule has 0 saturated carbocycles. The second kappa shape index (κ2) is 6.88. The molecule has 2 rings (SSSR count). The lowest BCUT2D eigenvalue weighted by Gasteiger charge is -2.22. The summed E-state index contributed by atoms with van der Waals surface area (Å²) < 4.78 is 35.9. The number of nitrogens with one attached hydrogen (secondary N) is 2. The molecular formula is C13H18N2O5S. The molecule has 116 valence electrons. The van der Waals surface area contributed by atoms with Crippen LogP contribution >= 0.6 is 0 Å². The van der Waals surface area contributed by atoms with Crippen LogP contribution in [-0.2, 0) is 14.9 Å². The standard InChI is InChI=1S/C13H18N2O5S/c16-13(14-9-10-5-7-20-8-6-10)15-11-1-3-12(4-2-11)21(17,18)19/h1-4,10H,5-9H2,(H2,14,15,16)(H,17,18,19). The minimum Gasteiger partial charge on any atom is -0.381 e. The first kappa shape index (κ1) is 15.7. The number of benzene rings is 1. The van der Waals surface area contributed by atoms with Gasteiger partial charge in [-0.15, -0.1) is 0 Å². The molecule has 21 heavy (non-hydrogen) atoms. The van der Waals surface area contributed by atoms with E-state index in [2.05, 4.69) is 10.6 Å². The van der Waals surface area contributed by atoms with Crippen LogP contribution in [0.4, 0.5) is 10.5 Å². The monoisotopic (exact) mass is 314 g/mol. The molecule has 0 aliphatic carbocycles. The van der Waals surface area contributed by atoms with Crippen molar-refractivity contribution in [1.82, 2.24) is 5.32 Å². The van der Waals surface area contributed by atoms with Gasteiger partial charge in [-0.25, -0.2) is 4.79 Å². The maximum atomic E-state index is 11.7. The van der Waals surface area contributed by atoms with E-state index in [1.807, 2.05) is 0 Å². The van der Waals surface area contributed by atoms with Gasteiger partial charge in [0.2, 0.25) is 0 Å². The van der Waals surface area contributed by atoms with Gasteiger partial charge in [0, 0.05) is 25.4 Å². The summed E-state index contributed by atoms with van der Waals surface area (Å²) in [7, 11) is -4.21. The Morgan fingerprint density at radius 2 is 1.86 bits per heavy atom. The van der Waals surface area contributed by atoms with Gasteiger partial charge in [0.05, 0.1) is 4.90 Å². The summed E-state index contributed by atoms with van der Waals surface area (Å²) in [5.41, 5.74) is 0.451. The zero-order chi connectivity index (χ0) is 15.3. The average molecular weight is 314 g/mol. The fourth-order valence-corrected chi connectivity index (χ4v) is 2.55. The van der Waals surface area contributed by atoms with Crippen molar-refractivity contribution in [3.05, 3.63) is 24.3 Å². The number of anilines is 1. The van der Waals surface area contributed by atoms with Crippen molar-refractivity contribution in [3.63, 3.8) is 0 Å². The minimum atomic E-state index is -4.21. The van der Waals surface area contributed by atoms with Crippen molar-refractivity contribution in [2.45, 2.75) is 17.7 Å². The number of hydrogen-bond acceptors (Lipinski definition) is 4. The predicted molar refractivity (Wildman–Crippen MR) is 76.8 cm³/mol. The Bertz CT molecular complexity index is 579. The number of urea groups is 1. The predicted octanol–water partition coefficient (Wildman–Crippen LogP) is 1.48. The van der Waals surface area contributed by atoms with E-state index in [1.165, 1.54) is 24.3 Å². The number of hydrogen-bond donors (Lipinski definition) is 3. The SMILES string of the molecule is O=C(NCC1CCOCC1)Nc1ccc(S(=O)(=O)O)cc1. The zero-order valence-electron chi connectivity index (χ0n) is 11.4. The van der Waals surface area contributed by atoms with Crippen LogP contribution in [0.5, 0.6) is 0 Å². The molecule has 2 amide bonds. The highest BCUT2D eigenvalue weighted by atomic mass is 32.2. The van der Waals surface area contributed by atoms with E-state index in [1.54, 1.807) is 0 Å². The Labute approximate surface area is 123 Å². The molecule has 0 atom stereocenters. The van der Waals surface area contributed by atoms with E-state index < -0.39 is 10.1 Å². The van der Waals surface area contributed by atoms with Crippen molar-refractivity contribution < 1.29 is 22.5 Å². The molecule has 0 radical (unpaired) electrons. The Morgan fingerprint density at radius 3 is 2.43 bits per heavy atom. The number of carbonyl (C=O) groups excluding carboxylic acids is 1. The van der Waals surface area contributed by atoms with Gasteiger partial charge in [0.15, 0.2) is 0 Å². The van der Waals surface area contributed by atoms with Gasteiger partial charge in [-0.2, -0.15) is 8.42 Å². The summed E-state index contributed by atoms with van der Waals surface area (Å²) in [5, 5.41) is 5.37. The second-order valence-corrected chi connectivity index (χ2v) is 6.31. The minimum absolute atomic E-state index is 0.212.